The number of carboxylic acids is 1. The van der Waals surface area contributed by atoms with Gasteiger partial charge < -0.3 is 15.5 Å². The van der Waals surface area contributed by atoms with Crippen LogP contribution in [0.1, 0.15) is 40.9 Å². The predicted molar refractivity (Wildman–Crippen MR) is 65.9 cm³/mol. The van der Waals surface area contributed by atoms with Gasteiger partial charge in [0.2, 0.25) is 0 Å². The highest BCUT2D eigenvalue weighted by atomic mass is 16.4. The van der Waals surface area contributed by atoms with Crippen molar-refractivity contribution in [2.45, 2.75) is 37.6 Å². The van der Waals surface area contributed by atoms with Crippen molar-refractivity contribution >= 4 is 11.8 Å². The minimum Gasteiger partial charge on any atom is -0.478 e. The summed E-state index contributed by atoms with van der Waals surface area (Å²) >= 11 is 0. The quantitative estimate of drug-likeness (QED) is 0.746. The molecule has 1 fully saturated rings. The lowest BCUT2D eigenvalue weighted by Crippen LogP contribution is -2.27. The Hall–Kier alpha value is -1.62. The van der Waals surface area contributed by atoms with E-state index in [-0.39, 0.29) is 17.7 Å². The summed E-state index contributed by atoms with van der Waals surface area (Å²) in [5, 5.41) is 21.7. The molecule has 1 aromatic heterocycles. The number of aryl methyl sites for hydroxylation is 2. The molecule has 1 saturated carbocycles. The van der Waals surface area contributed by atoms with Crippen molar-refractivity contribution < 1.29 is 15.0 Å². The summed E-state index contributed by atoms with van der Waals surface area (Å²) < 4.78 is 0. The fourth-order valence-corrected chi connectivity index (χ4v) is 2.46. The van der Waals surface area contributed by atoms with Crippen molar-refractivity contribution in [3.05, 3.63) is 22.9 Å². The van der Waals surface area contributed by atoms with Gasteiger partial charge in [-0.05, 0) is 43.7 Å². The molecule has 0 aliphatic heterocycles. The summed E-state index contributed by atoms with van der Waals surface area (Å²) in [6.07, 6.45) is 4.59. The van der Waals surface area contributed by atoms with Gasteiger partial charge in [0, 0.05) is 5.69 Å². The molecule has 0 unspecified atom stereocenters. The van der Waals surface area contributed by atoms with Crippen LogP contribution in [0.2, 0.25) is 0 Å². The number of aliphatic hydroxyl groups is 1. The van der Waals surface area contributed by atoms with Crippen LogP contribution in [0.4, 0.5) is 5.82 Å². The molecule has 5 heteroatoms. The number of carboxylic acid groups (broad SMARTS) is 1. The number of carbonyl (C=O) groups is 1. The van der Waals surface area contributed by atoms with Crippen molar-refractivity contribution in [2.24, 2.45) is 0 Å². The lowest BCUT2D eigenvalue weighted by atomic mass is 10.1. The second kappa shape index (κ2) is 3.95. The first-order chi connectivity index (χ1) is 8.63. The molecular formula is C13H16N2O3. The number of aromatic carboxylic acids is 1. The van der Waals surface area contributed by atoms with Crippen molar-refractivity contribution in [2.75, 3.05) is 11.9 Å². The van der Waals surface area contributed by atoms with Crippen molar-refractivity contribution in [1.82, 2.24) is 4.98 Å². The number of aliphatic hydroxyl groups excluding tert-OH is 1. The minimum absolute atomic E-state index is 0.0187. The Balaban J connectivity index is 1.98. The van der Waals surface area contributed by atoms with Crippen LogP contribution < -0.4 is 5.32 Å². The molecule has 96 valence electrons. The van der Waals surface area contributed by atoms with Crippen LogP contribution >= 0.6 is 0 Å². The fraction of sp³-hybridized carbons (Fsp3) is 0.538. The lowest BCUT2D eigenvalue weighted by Gasteiger charge is -2.17. The molecule has 0 atom stereocenters. The Kier molecular flexibility index (Phi) is 2.52. The van der Waals surface area contributed by atoms with E-state index in [1.54, 1.807) is 6.07 Å². The smallest absolute Gasteiger partial charge is 0.339 e. The second-order valence-electron chi connectivity index (χ2n) is 5.21. The van der Waals surface area contributed by atoms with Gasteiger partial charge in [-0.2, -0.15) is 0 Å². The maximum Gasteiger partial charge on any atom is 0.339 e. The minimum atomic E-state index is -0.964. The van der Waals surface area contributed by atoms with E-state index in [2.05, 4.69) is 10.3 Å². The summed E-state index contributed by atoms with van der Waals surface area (Å²) in [7, 11) is 0. The molecule has 18 heavy (non-hydrogen) atoms. The number of pyridine rings is 1. The third-order valence-corrected chi connectivity index (χ3v) is 3.82. The van der Waals surface area contributed by atoms with E-state index < -0.39 is 5.97 Å². The van der Waals surface area contributed by atoms with Crippen LogP contribution in [-0.4, -0.2) is 33.3 Å². The second-order valence-corrected chi connectivity index (χ2v) is 5.21. The van der Waals surface area contributed by atoms with Gasteiger partial charge in [-0.1, -0.05) is 0 Å². The summed E-state index contributed by atoms with van der Waals surface area (Å²) in [6, 6.07) is 1.73. The topological polar surface area (TPSA) is 82.5 Å². The molecule has 1 heterocycles. The SMILES string of the molecule is O=C(O)c1cc2c(nc1NC1(CO)CC1)CCC2. The third kappa shape index (κ3) is 1.84. The van der Waals surface area contributed by atoms with E-state index >= 15 is 0 Å². The highest BCUT2D eigenvalue weighted by Crippen LogP contribution is 2.39. The molecular weight excluding hydrogens is 232 g/mol. The molecule has 0 spiro atoms. The molecule has 3 rings (SSSR count). The zero-order valence-corrected chi connectivity index (χ0v) is 10.1. The largest absolute Gasteiger partial charge is 0.478 e. The molecule has 1 aromatic rings. The standard InChI is InChI=1S/C13H16N2O3/c16-7-13(4-5-13)15-11-9(12(17)18)6-8-2-1-3-10(8)14-11/h6,16H,1-5,7H2,(H,14,15)(H,17,18). The van der Waals surface area contributed by atoms with Crippen molar-refractivity contribution in [3.8, 4) is 0 Å². The summed E-state index contributed by atoms with van der Waals surface area (Å²) in [5.41, 5.74) is 1.92. The third-order valence-electron chi connectivity index (χ3n) is 3.82. The molecule has 0 amide bonds. The molecule has 2 aliphatic rings. The van der Waals surface area contributed by atoms with Gasteiger partial charge in [0.05, 0.1) is 12.1 Å². The number of fused-ring (bicyclic) bond motifs is 1. The predicted octanol–water partition coefficient (Wildman–Crippen LogP) is 1.21. The number of hydrogen-bond donors (Lipinski definition) is 3. The Morgan fingerprint density at radius 2 is 2.22 bits per heavy atom. The van der Waals surface area contributed by atoms with Gasteiger partial charge in [0.15, 0.2) is 0 Å². The molecule has 2 aliphatic carbocycles. The van der Waals surface area contributed by atoms with E-state index in [0.29, 0.717) is 5.82 Å². The fourth-order valence-electron chi connectivity index (χ4n) is 2.46. The van der Waals surface area contributed by atoms with Crippen LogP contribution in [0.15, 0.2) is 6.07 Å². The zero-order chi connectivity index (χ0) is 12.8. The number of anilines is 1. The van der Waals surface area contributed by atoms with Crippen LogP contribution in [0, 0.1) is 0 Å². The van der Waals surface area contributed by atoms with Crippen molar-refractivity contribution in [1.29, 1.82) is 0 Å². The number of aromatic nitrogens is 1. The van der Waals surface area contributed by atoms with E-state index in [1.165, 1.54) is 0 Å². The Bertz CT molecular complexity index is 509. The molecule has 0 aromatic carbocycles. The van der Waals surface area contributed by atoms with Crippen molar-refractivity contribution in [3.63, 3.8) is 0 Å². The summed E-state index contributed by atoms with van der Waals surface area (Å²) in [5.74, 6) is -0.553. The molecule has 3 N–H and O–H groups in total. The Labute approximate surface area is 105 Å². The lowest BCUT2D eigenvalue weighted by molar-refractivity contribution is 0.0697. The number of nitrogens with zero attached hydrogens (tertiary/aromatic N) is 1. The van der Waals surface area contributed by atoms with Gasteiger partial charge in [0.1, 0.15) is 11.4 Å². The van der Waals surface area contributed by atoms with Gasteiger partial charge in [0.25, 0.3) is 0 Å². The van der Waals surface area contributed by atoms with E-state index in [9.17, 15) is 15.0 Å². The summed E-state index contributed by atoms with van der Waals surface area (Å²) in [6.45, 7) is 0.0187. The van der Waals surface area contributed by atoms with Crippen LogP contribution in [0.5, 0.6) is 0 Å². The molecule has 0 radical (unpaired) electrons. The molecule has 0 bridgehead atoms. The summed E-state index contributed by atoms with van der Waals surface area (Å²) in [4.78, 5) is 15.7. The normalized spacial score (nSPS) is 19.4. The monoisotopic (exact) mass is 248 g/mol. The maximum absolute atomic E-state index is 11.3. The average molecular weight is 248 g/mol. The number of rotatable bonds is 4. The van der Waals surface area contributed by atoms with Gasteiger partial charge in [-0.3, -0.25) is 0 Å². The van der Waals surface area contributed by atoms with Crippen LogP contribution in [0.3, 0.4) is 0 Å². The van der Waals surface area contributed by atoms with Crippen LogP contribution in [-0.2, 0) is 12.8 Å². The van der Waals surface area contributed by atoms with E-state index in [0.717, 1.165) is 43.4 Å². The maximum atomic E-state index is 11.3. The van der Waals surface area contributed by atoms with E-state index in [4.69, 9.17) is 0 Å². The van der Waals surface area contributed by atoms with Gasteiger partial charge >= 0.3 is 5.97 Å². The van der Waals surface area contributed by atoms with Gasteiger partial charge in [-0.25, -0.2) is 9.78 Å². The first kappa shape index (κ1) is 11.5. The molecule has 0 saturated heterocycles. The Morgan fingerprint density at radius 3 is 2.83 bits per heavy atom. The number of hydrogen-bond acceptors (Lipinski definition) is 4. The first-order valence-corrected chi connectivity index (χ1v) is 6.29. The van der Waals surface area contributed by atoms with E-state index in [1.807, 2.05) is 0 Å². The Morgan fingerprint density at radius 1 is 1.44 bits per heavy atom. The first-order valence-electron chi connectivity index (χ1n) is 6.29. The number of nitrogens with one attached hydrogen (secondary N) is 1. The molecule has 5 nitrogen and oxygen atoms in total. The van der Waals surface area contributed by atoms with Gasteiger partial charge in [-0.15, -0.1) is 0 Å². The zero-order valence-electron chi connectivity index (χ0n) is 10.1. The highest BCUT2D eigenvalue weighted by Gasteiger charge is 2.43. The van der Waals surface area contributed by atoms with Crippen LogP contribution in [0.25, 0.3) is 0 Å². The highest BCUT2D eigenvalue weighted by molar-refractivity contribution is 5.93. The average Bonchev–Trinajstić information content (AvgIpc) is 2.97.